The lowest BCUT2D eigenvalue weighted by molar-refractivity contribution is -0.201. The highest BCUT2D eigenvalue weighted by Gasteiger charge is 2.65. The van der Waals surface area contributed by atoms with Gasteiger partial charge in [-0.2, -0.15) is 0 Å². The maximum Gasteiger partial charge on any atom is 0.133 e. The molecule has 4 aliphatic carbocycles. The van der Waals surface area contributed by atoms with E-state index in [9.17, 15) is 20.1 Å². The second-order valence-electron chi connectivity index (χ2n) is 12.5. The molecule has 4 rings (SSSR count). The summed E-state index contributed by atoms with van der Waals surface area (Å²) in [6.07, 6.45) is 8.79. The first-order chi connectivity index (χ1) is 14.6. The molecule has 3 N–H and O–H groups in total. The molecule has 31 heavy (non-hydrogen) atoms. The van der Waals surface area contributed by atoms with Crippen LogP contribution in [0.15, 0.2) is 0 Å². The number of rotatable bonds is 6. The minimum absolute atomic E-state index is 0.0876. The van der Waals surface area contributed by atoms with Crippen LogP contribution in [0.4, 0.5) is 0 Å². The topological polar surface area (TPSA) is 77.8 Å². The summed E-state index contributed by atoms with van der Waals surface area (Å²) in [7, 11) is 0. The molecule has 4 aliphatic rings. The van der Waals surface area contributed by atoms with Crippen molar-refractivity contribution in [1.82, 2.24) is 0 Å². The number of aliphatic hydroxyl groups is 3. The van der Waals surface area contributed by atoms with Crippen LogP contribution in [0.2, 0.25) is 0 Å². The Morgan fingerprint density at radius 2 is 1.81 bits per heavy atom. The molecule has 11 unspecified atom stereocenters. The van der Waals surface area contributed by atoms with Crippen molar-refractivity contribution >= 4 is 5.78 Å². The summed E-state index contributed by atoms with van der Waals surface area (Å²) in [5.74, 6) is 3.07. The number of aliphatic hydroxyl groups excluding tert-OH is 3. The van der Waals surface area contributed by atoms with Crippen LogP contribution in [0.25, 0.3) is 0 Å². The number of hydrogen-bond acceptors (Lipinski definition) is 4. The normalized spacial score (nSPS) is 49.1. The van der Waals surface area contributed by atoms with E-state index in [1.165, 1.54) is 0 Å². The van der Waals surface area contributed by atoms with Gasteiger partial charge in [0.25, 0.3) is 0 Å². The highest BCUT2D eigenvalue weighted by Crippen LogP contribution is 2.68. The van der Waals surface area contributed by atoms with Gasteiger partial charge in [-0.1, -0.05) is 40.5 Å². The SMILES string of the molecule is CC(CO)CCCC(C)C1CCC2C3C(O)CC4CC(=O)CCC4(C)C3CC(O)C12C. The summed E-state index contributed by atoms with van der Waals surface area (Å²) in [6.45, 7) is 9.43. The summed E-state index contributed by atoms with van der Waals surface area (Å²) in [5, 5.41) is 32.3. The minimum Gasteiger partial charge on any atom is -0.396 e. The summed E-state index contributed by atoms with van der Waals surface area (Å²) >= 11 is 0. The molecule has 0 heterocycles. The van der Waals surface area contributed by atoms with Gasteiger partial charge in [0.1, 0.15) is 5.78 Å². The maximum atomic E-state index is 12.1. The second kappa shape index (κ2) is 8.72. The smallest absolute Gasteiger partial charge is 0.133 e. The van der Waals surface area contributed by atoms with Gasteiger partial charge in [-0.3, -0.25) is 4.79 Å². The van der Waals surface area contributed by atoms with Gasteiger partial charge in [0, 0.05) is 19.4 Å². The lowest BCUT2D eigenvalue weighted by Crippen LogP contribution is -2.62. The van der Waals surface area contributed by atoms with Gasteiger partial charge >= 0.3 is 0 Å². The predicted molar refractivity (Wildman–Crippen MR) is 122 cm³/mol. The van der Waals surface area contributed by atoms with E-state index >= 15 is 0 Å². The van der Waals surface area contributed by atoms with Crippen molar-refractivity contribution in [2.24, 2.45) is 52.3 Å². The molecule has 0 bridgehead atoms. The van der Waals surface area contributed by atoms with E-state index in [0.29, 0.717) is 48.2 Å². The van der Waals surface area contributed by atoms with Crippen LogP contribution in [-0.4, -0.2) is 39.9 Å². The summed E-state index contributed by atoms with van der Waals surface area (Å²) in [6, 6.07) is 0. The fourth-order valence-electron chi connectivity index (χ4n) is 9.03. The Morgan fingerprint density at radius 1 is 1.06 bits per heavy atom. The molecular formula is C27H46O4. The number of ketones is 1. The molecule has 0 aromatic rings. The van der Waals surface area contributed by atoms with Gasteiger partial charge in [-0.05, 0) is 90.8 Å². The average Bonchev–Trinajstić information content (AvgIpc) is 3.08. The van der Waals surface area contributed by atoms with Crippen molar-refractivity contribution in [3.8, 4) is 0 Å². The Balaban J connectivity index is 1.53. The third kappa shape index (κ3) is 3.83. The molecular weight excluding hydrogens is 388 g/mol. The zero-order chi connectivity index (χ0) is 22.6. The molecule has 0 aromatic carbocycles. The highest BCUT2D eigenvalue weighted by molar-refractivity contribution is 5.79. The number of Topliss-reactive ketones (excluding diaryl/α,β-unsaturated/α-hetero) is 1. The fourth-order valence-corrected chi connectivity index (χ4v) is 9.03. The first-order valence-electron chi connectivity index (χ1n) is 13.1. The Bertz CT molecular complexity index is 664. The van der Waals surface area contributed by atoms with E-state index in [0.717, 1.165) is 51.4 Å². The van der Waals surface area contributed by atoms with E-state index < -0.39 is 0 Å². The quantitative estimate of drug-likeness (QED) is 0.571. The van der Waals surface area contributed by atoms with Crippen molar-refractivity contribution in [2.75, 3.05) is 6.61 Å². The molecule has 0 saturated heterocycles. The van der Waals surface area contributed by atoms with Gasteiger partial charge < -0.3 is 15.3 Å². The molecule has 4 heteroatoms. The van der Waals surface area contributed by atoms with Gasteiger partial charge in [0.15, 0.2) is 0 Å². The van der Waals surface area contributed by atoms with E-state index in [4.69, 9.17) is 0 Å². The zero-order valence-electron chi connectivity index (χ0n) is 20.2. The molecule has 0 radical (unpaired) electrons. The third-order valence-electron chi connectivity index (χ3n) is 11.0. The van der Waals surface area contributed by atoms with Gasteiger partial charge in [-0.25, -0.2) is 0 Å². The highest BCUT2D eigenvalue weighted by atomic mass is 16.3. The average molecular weight is 435 g/mol. The lowest BCUT2D eigenvalue weighted by Gasteiger charge is -2.63. The molecule has 0 aromatic heterocycles. The first-order valence-corrected chi connectivity index (χ1v) is 13.1. The molecule has 4 nitrogen and oxygen atoms in total. The summed E-state index contributed by atoms with van der Waals surface area (Å²) < 4.78 is 0. The number of carbonyl (C=O) groups excluding carboxylic acids is 1. The second-order valence-corrected chi connectivity index (χ2v) is 12.5. The molecule has 178 valence electrons. The van der Waals surface area contributed by atoms with Crippen LogP contribution in [-0.2, 0) is 4.79 Å². The lowest BCUT2D eigenvalue weighted by atomic mass is 9.43. The van der Waals surface area contributed by atoms with Crippen LogP contribution in [0, 0.1) is 52.3 Å². The van der Waals surface area contributed by atoms with E-state index in [2.05, 4.69) is 27.7 Å². The fraction of sp³-hybridized carbons (Fsp3) is 0.963. The summed E-state index contributed by atoms with van der Waals surface area (Å²) in [4.78, 5) is 12.1. The van der Waals surface area contributed by atoms with Crippen LogP contribution in [0.5, 0.6) is 0 Å². The maximum absolute atomic E-state index is 12.1. The molecule has 11 atom stereocenters. The van der Waals surface area contributed by atoms with Crippen molar-refractivity contribution in [3.63, 3.8) is 0 Å². The largest absolute Gasteiger partial charge is 0.396 e. The Kier molecular flexibility index (Phi) is 6.67. The van der Waals surface area contributed by atoms with E-state index in [1.807, 2.05) is 0 Å². The first kappa shape index (κ1) is 23.7. The van der Waals surface area contributed by atoms with Crippen molar-refractivity contribution in [3.05, 3.63) is 0 Å². The van der Waals surface area contributed by atoms with Crippen LogP contribution < -0.4 is 0 Å². The van der Waals surface area contributed by atoms with Crippen LogP contribution >= 0.6 is 0 Å². The monoisotopic (exact) mass is 434 g/mol. The molecule has 0 aliphatic heterocycles. The van der Waals surface area contributed by atoms with Gasteiger partial charge in [0.2, 0.25) is 0 Å². The molecule has 4 fully saturated rings. The Morgan fingerprint density at radius 3 is 2.52 bits per heavy atom. The van der Waals surface area contributed by atoms with Crippen molar-refractivity contribution in [2.45, 2.75) is 104 Å². The van der Waals surface area contributed by atoms with Gasteiger partial charge in [-0.15, -0.1) is 0 Å². The molecule has 0 amide bonds. The number of hydrogen-bond donors (Lipinski definition) is 3. The molecule has 4 saturated carbocycles. The standard InChI is InChI=1S/C27H46O4/c1-16(15-28)6-5-7-17(2)20-8-9-21-25-22(14-24(31)27(20,21)4)26(3)11-10-19(29)12-18(26)13-23(25)30/h16-18,20-25,28,30-31H,5-15H2,1-4H3. The predicted octanol–water partition coefficient (Wildman–Crippen LogP) is 4.59. The van der Waals surface area contributed by atoms with Gasteiger partial charge in [0.05, 0.1) is 12.2 Å². The molecule has 0 spiro atoms. The minimum atomic E-state index is -0.328. The van der Waals surface area contributed by atoms with E-state index in [1.54, 1.807) is 0 Å². The van der Waals surface area contributed by atoms with Crippen molar-refractivity contribution in [1.29, 1.82) is 0 Å². The van der Waals surface area contributed by atoms with Crippen LogP contribution in [0.1, 0.15) is 91.9 Å². The zero-order valence-corrected chi connectivity index (χ0v) is 20.2. The van der Waals surface area contributed by atoms with Crippen LogP contribution in [0.3, 0.4) is 0 Å². The van der Waals surface area contributed by atoms with Crippen molar-refractivity contribution < 1.29 is 20.1 Å². The Hall–Kier alpha value is -0.450. The van der Waals surface area contributed by atoms with E-state index in [-0.39, 0.29) is 41.5 Å². The Labute approximate surface area is 189 Å². The number of carbonyl (C=O) groups is 1. The third-order valence-corrected chi connectivity index (χ3v) is 11.0. The number of fused-ring (bicyclic) bond motifs is 5. The summed E-state index contributed by atoms with van der Waals surface area (Å²) in [5.41, 5.74) is -0.0257.